The summed E-state index contributed by atoms with van der Waals surface area (Å²) in [6.45, 7) is 1.99. The summed E-state index contributed by atoms with van der Waals surface area (Å²) in [4.78, 5) is 0. The molecule has 0 aliphatic heterocycles. The average Bonchev–Trinajstić information content (AvgIpc) is 2.22. The Labute approximate surface area is 107 Å². The SMILES string of the molecule is Cc1ccc(-c2cccc(N)c2)cc1Cl.Cl. The molecule has 0 amide bonds. The van der Waals surface area contributed by atoms with E-state index in [-0.39, 0.29) is 12.4 Å². The van der Waals surface area contributed by atoms with Crippen LogP contribution in [0.4, 0.5) is 5.69 Å². The van der Waals surface area contributed by atoms with Gasteiger partial charge in [-0.15, -0.1) is 12.4 Å². The molecule has 0 spiro atoms. The molecule has 0 aliphatic rings. The van der Waals surface area contributed by atoms with Gasteiger partial charge in [0, 0.05) is 10.7 Å². The second-order valence-corrected chi connectivity index (χ2v) is 4.00. The smallest absolute Gasteiger partial charge is 0.0441 e. The van der Waals surface area contributed by atoms with Crippen LogP contribution in [0.1, 0.15) is 5.56 Å². The van der Waals surface area contributed by atoms with Crippen molar-refractivity contribution in [2.45, 2.75) is 6.92 Å². The zero-order valence-corrected chi connectivity index (χ0v) is 10.5. The van der Waals surface area contributed by atoms with Gasteiger partial charge in [0.2, 0.25) is 0 Å². The lowest BCUT2D eigenvalue weighted by Crippen LogP contribution is -1.85. The summed E-state index contributed by atoms with van der Waals surface area (Å²) in [5.41, 5.74) is 9.78. The Morgan fingerprint density at radius 2 is 1.69 bits per heavy atom. The molecule has 0 saturated heterocycles. The van der Waals surface area contributed by atoms with Crippen LogP contribution in [0.3, 0.4) is 0 Å². The van der Waals surface area contributed by atoms with E-state index in [4.69, 9.17) is 17.3 Å². The van der Waals surface area contributed by atoms with Crippen molar-refractivity contribution in [3.63, 3.8) is 0 Å². The maximum absolute atomic E-state index is 6.07. The molecule has 0 unspecified atom stereocenters. The summed E-state index contributed by atoms with van der Waals surface area (Å²) in [6.07, 6.45) is 0. The van der Waals surface area contributed by atoms with Crippen LogP contribution in [0.25, 0.3) is 11.1 Å². The highest BCUT2D eigenvalue weighted by Crippen LogP contribution is 2.26. The largest absolute Gasteiger partial charge is 0.399 e. The van der Waals surface area contributed by atoms with Crippen LogP contribution in [-0.4, -0.2) is 0 Å². The molecule has 2 aromatic carbocycles. The molecule has 84 valence electrons. The Morgan fingerprint density at radius 3 is 2.31 bits per heavy atom. The standard InChI is InChI=1S/C13H12ClN.ClH/c1-9-5-6-11(8-13(9)14)10-3-2-4-12(15)7-10;/h2-8H,15H2,1H3;1H. The molecule has 1 nitrogen and oxygen atoms in total. The van der Waals surface area contributed by atoms with E-state index in [2.05, 4.69) is 6.07 Å². The summed E-state index contributed by atoms with van der Waals surface area (Å²) in [5.74, 6) is 0. The van der Waals surface area contributed by atoms with Crippen molar-refractivity contribution in [3.8, 4) is 11.1 Å². The first-order chi connectivity index (χ1) is 7.16. The van der Waals surface area contributed by atoms with E-state index in [1.165, 1.54) is 0 Å². The van der Waals surface area contributed by atoms with Gasteiger partial charge in [-0.05, 0) is 41.8 Å². The second-order valence-electron chi connectivity index (χ2n) is 3.59. The molecular formula is C13H13Cl2N. The van der Waals surface area contributed by atoms with Gasteiger partial charge >= 0.3 is 0 Å². The van der Waals surface area contributed by atoms with Crippen LogP contribution in [0.2, 0.25) is 5.02 Å². The number of anilines is 1. The van der Waals surface area contributed by atoms with Gasteiger partial charge in [0.1, 0.15) is 0 Å². The zero-order valence-electron chi connectivity index (χ0n) is 8.91. The van der Waals surface area contributed by atoms with E-state index in [0.717, 1.165) is 27.4 Å². The average molecular weight is 254 g/mol. The van der Waals surface area contributed by atoms with Gasteiger partial charge in [0.25, 0.3) is 0 Å². The number of hydrogen-bond donors (Lipinski definition) is 1. The minimum Gasteiger partial charge on any atom is -0.399 e. The summed E-state index contributed by atoms with van der Waals surface area (Å²) >= 11 is 6.07. The van der Waals surface area contributed by atoms with Crippen LogP contribution < -0.4 is 5.73 Å². The fraction of sp³-hybridized carbons (Fsp3) is 0.0769. The van der Waals surface area contributed by atoms with Gasteiger partial charge in [0.05, 0.1) is 0 Å². The summed E-state index contributed by atoms with van der Waals surface area (Å²) in [6, 6.07) is 13.8. The number of rotatable bonds is 1. The monoisotopic (exact) mass is 253 g/mol. The van der Waals surface area contributed by atoms with Gasteiger partial charge in [-0.3, -0.25) is 0 Å². The fourth-order valence-electron chi connectivity index (χ4n) is 1.49. The minimum atomic E-state index is 0. The van der Waals surface area contributed by atoms with Crippen molar-refractivity contribution in [3.05, 3.63) is 53.1 Å². The summed E-state index contributed by atoms with van der Waals surface area (Å²) in [7, 11) is 0. The Hall–Kier alpha value is -1.18. The predicted octanol–water partition coefficient (Wildman–Crippen LogP) is 4.32. The molecule has 3 heteroatoms. The van der Waals surface area contributed by atoms with Crippen molar-refractivity contribution in [1.82, 2.24) is 0 Å². The summed E-state index contributed by atoms with van der Waals surface area (Å²) < 4.78 is 0. The Kier molecular flexibility index (Phi) is 4.22. The number of nitrogen functional groups attached to an aromatic ring is 1. The van der Waals surface area contributed by atoms with Crippen molar-refractivity contribution in [1.29, 1.82) is 0 Å². The molecule has 0 fully saturated rings. The molecule has 0 aliphatic carbocycles. The molecule has 16 heavy (non-hydrogen) atoms. The first-order valence-electron chi connectivity index (χ1n) is 4.79. The van der Waals surface area contributed by atoms with Crippen LogP contribution in [0.5, 0.6) is 0 Å². The highest BCUT2D eigenvalue weighted by atomic mass is 35.5. The van der Waals surface area contributed by atoms with E-state index >= 15 is 0 Å². The Balaban J connectivity index is 0.00000128. The van der Waals surface area contributed by atoms with Gasteiger partial charge in [-0.1, -0.05) is 35.9 Å². The van der Waals surface area contributed by atoms with Crippen LogP contribution in [0.15, 0.2) is 42.5 Å². The lowest BCUT2D eigenvalue weighted by atomic mass is 10.0. The van der Waals surface area contributed by atoms with Crippen molar-refractivity contribution >= 4 is 29.7 Å². The van der Waals surface area contributed by atoms with Gasteiger partial charge < -0.3 is 5.73 Å². The van der Waals surface area contributed by atoms with E-state index < -0.39 is 0 Å². The van der Waals surface area contributed by atoms with E-state index in [0.29, 0.717) is 0 Å². The number of nitrogens with two attached hydrogens (primary N) is 1. The Morgan fingerprint density at radius 1 is 1.00 bits per heavy atom. The quantitative estimate of drug-likeness (QED) is 0.753. The molecule has 0 radical (unpaired) electrons. The minimum absolute atomic E-state index is 0. The second kappa shape index (κ2) is 5.24. The van der Waals surface area contributed by atoms with Gasteiger partial charge in [-0.25, -0.2) is 0 Å². The molecule has 0 bridgehead atoms. The molecule has 0 saturated carbocycles. The summed E-state index contributed by atoms with van der Waals surface area (Å²) in [5, 5.41) is 0.787. The molecule has 0 aromatic heterocycles. The number of aryl methyl sites for hydroxylation is 1. The normalized spacial score (nSPS) is 9.62. The van der Waals surface area contributed by atoms with Crippen LogP contribution in [0, 0.1) is 6.92 Å². The van der Waals surface area contributed by atoms with Crippen molar-refractivity contribution in [2.24, 2.45) is 0 Å². The van der Waals surface area contributed by atoms with Crippen molar-refractivity contribution < 1.29 is 0 Å². The zero-order chi connectivity index (χ0) is 10.8. The van der Waals surface area contributed by atoms with E-state index in [9.17, 15) is 0 Å². The van der Waals surface area contributed by atoms with Crippen LogP contribution in [-0.2, 0) is 0 Å². The lowest BCUT2D eigenvalue weighted by Gasteiger charge is -2.05. The molecule has 0 atom stereocenters. The lowest BCUT2D eigenvalue weighted by molar-refractivity contribution is 1.47. The van der Waals surface area contributed by atoms with Gasteiger partial charge in [0.15, 0.2) is 0 Å². The molecule has 2 rings (SSSR count). The molecular weight excluding hydrogens is 241 g/mol. The fourth-order valence-corrected chi connectivity index (χ4v) is 1.67. The third-order valence-corrected chi connectivity index (χ3v) is 2.80. The maximum Gasteiger partial charge on any atom is 0.0441 e. The topological polar surface area (TPSA) is 26.0 Å². The number of benzene rings is 2. The number of halogens is 2. The third-order valence-electron chi connectivity index (χ3n) is 2.39. The molecule has 2 N–H and O–H groups in total. The van der Waals surface area contributed by atoms with E-state index in [1.807, 2.05) is 43.3 Å². The van der Waals surface area contributed by atoms with Crippen molar-refractivity contribution in [2.75, 3.05) is 5.73 Å². The first kappa shape index (κ1) is 12.9. The highest BCUT2D eigenvalue weighted by molar-refractivity contribution is 6.31. The molecule has 0 heterocycles. The molecule has 2 aromatic rings. The number of hydrogen-bond acceptors (Lipinski definition) is 1. The maximum atomic E-state index is 6.07. The van der Waals surface area contributed by atoms with Crippen LogP contribution >= 0.6 is 24.0 Å². The predicted molar refractivity (Wildman–Crippen MR) is 73.3 cm³/mol. The van der Waals surface area contributed by atoms with Gasteiger partial charge in [-0.2, -0.15) is 0 Å². The Bertz CT molecular complexity index is 495. The van der Waals surface area contributed by atoms with E-state index in [1.54, 1.807) is 0 Å². The first-order valence-corrected chi connectivity index (χ1v) is 5.17. The third kappa shape index (κ3) is 2.69. The highest BCUT2D eigenvalue weighted by Gasteiger charge is 2.00.